The summed E-state index contributed by atoms with van der Waals surface area (Å²) in [7, 11) is -0.552. The predicted molar refractivity (Wildman–Crippen MR) is 105 cm³/mol. The van der Waals surface area contributed by atoms with Crippen molar-refractivity contribution < 1.29 is 17.9 Å². The number of hydrogen-bond donors (Lipinski definition) is 0. The lowest BCUT2D eigenvalue weighted by molar-refractivity contribution is 0.122. The Morgan fingerprint density at radius 2 is 1.70 bits per heavy atom. The number of methoxy groups -OCH3 is 2. The van der Waals surface area contributed by atoms with Crippen LogP contribution in [0.5, 0.6) is 11.5 Å². The molecule has 0 bridgehead atoms. The van der Waals surface area contributed by atoms with Crippen LogP contribution in [-0.2, 0) is 16.6 Å². The molecule has 0 N–H and O–H groups in total. The van der Waals surface area contributed by atoms with E-state index >= 15 is 0 Å². The van der Waals surface area contributed by atoms with Crippen LogP contribution in [-0.4, -0.2) is 57.5 Å². The molecule has 1 saturated heterocycles. The molecule has 1 atom stereocenters. The van der Waals surface area contributed by atoms with Gasteiger partial charge in [-0.3, -0.25) is 4.90 Å². The third-order valence-electron chi connectivity index (χ3n) is 4.95. The Bertz CT molecular complexity index is 871. The first-order chi connectivity index (χ1) is 13.0. The number of piperazine rings is 1. The highest BCUT2D eigenvalue weighted by atomic mass is 32.2. The van der Waals surface area contributed by atoms with Gasteiger partial charge >= 0.3 is 0 Å². The zero-order valence-electron chi connectivity index (χ0n) is 16.0. The van der Waals surface area contributed by atoms with Crippen LogP contribution in [0.15, 0.2) is 53.4 Å². The van der Waals surface area contributed by atoms with E-state index in [-0.39, 0.29) is 10.9 Å². The number of nitrogens with zero attached hydrogens (tertiary/aromatic N) is 2. The second-order valence-electron chi connectivity index (χ2n) is 6.68. The van der Waals surface area contributed by atoms with Gasteiger partial charge in [0.1, 0.15) is 0 Å². The maximum atomic E-state index is 13.1. The minimum absolute atomic E-state index is 0.133. The molecule has 0 radical (unpaired) electrons. The fourth-order valence-corrected chi connectivity index (χ4v) is 4.89. The van der Waals surface area contributed by atoms with Crippen LogP contribution in [0.4, 0.5) is 0 Å². The molecule has 1 heterocycles. The number of sulfonamides is 1. The van der Waals surface area contributed by atoms with Crippen LogP contribution in [0.1, 0.15) is 12.5 Å². The topological polar surface area (TPSA) is 59.1 Å². The molecule has 3 rings (SSSR count). The molecule has 0 saturated carbocycles. The highest BCUT2D eigenvalue weighted by Crippen LogP contribution is 2.31. The third-order valence-corrected chi connectivity index (χ3v) is 6.81. The van der Waals surface area contributed by atoms with E-state index in [0.717, 1.165) is 6.54 Å². The van der Waals surface area contributed by atoms with Gasteiger partial charge in [0, 0.05) is 38.3 Å². The molecule has 1 unspecified atom stereocenters. The van der Waals surface area contributed by atoms with Gasteiger partial charge in [0.2, 0.25) is 10.0 Å². The highest BCUT2D eigenvalue weighted by Gasteiger charge is 2.32. The lowest BCUT2D eigenvalue weighted by atomic mass is 10.1. The van der Waals surface area contributed by atoms with Crippen LogP contribution in [0, 0.1) is 0 Å². The van der Waals surface area contributed by atoms with Crippen LogP contribution >= 0.6 is 0 Å². The van der Waals surface area contributed by atoms with Gasteiger partial charge in [-0.1, -0.05) is 30.3 Å². The molecule has 1 fully saturated rings. The molecular weight excluding hydrogens is 364 g/mol. The Kier molecular flexibility index (Phi) is 6.04. The molecule has 6 nitrogen and oxygen atoms in total. The zero-order valence-corrected chi connectivity index (χ0v) is 16.8. The Labute approximate surface area is 161 Å². The van der Waals surface area contributed by atoms with Crippen LogP contribution in [0.2, 0.25) is 0 Å². The minimum Gasteiger partial charge on any atom is -0.493 e. The predicted octanol–water partition coefficient (Wildman–Crippen LogP) is 2.60. The van der Waals surface area contributed by atoms with Gasteiger partial charge < -0.3 is 9.47 Å². The fourth-order valence-electron chi connectivity index (χ4n) is 3.36. The van der Waals surface area contributed by atoms with Crippen LogP contribution in [0.3, 0.4) is 0 Å². The Morgan fingerprint density at radius 1 is 1.00 bits per heavy atom. The second-order valence-corrected chi connectivity index (χ2v) is 8.62. The molecule has 0 spiro atoms. The number of hydrogen-bond acceptors (Lipinski definition) is 5. The van der Waals surface area contributed by atoms with Crippen molar-refractivity contribution >= 4 is 10.0 Å². The van der Waals surface area contributed by atoms with E-state index in [1.807, 2.05) is 18.2 Å². The average Bonchev–Trinajstić information content (AvgIpc) is 2.69. The van der Waals surface area contributed by atoms with Crippen molar-refractivity contribution in [1.82, 2.24) is 9.21 Å². The molecule has 0 amide bonds. The SMILES string of the molecule is COc1ccc(S(=O)(=O)N2CCN(Cc3ccccc3)C(C)C2)cc1OC. The molecule has 146 valence electrons. The first-order valence-corrected chi connectivity index (χ1v) is 10.4. The summed E-state index contributed by atoms with van der Waals surface area (Å²) in [5, 5.41) is 0. The van der Waals surface area contributed by atoms with Crippen LogP contribution in [0.25, 0.3) is 0 Å². The van der Waals surface area contributed by atoms with Gasteiger partial charge in [0.25, 0.3) is 0 Å². The Hall–Kier alpha value is -2.09. The first-order valence-electron chi connectivity index (χ1n) is 8.96. The fraction of sp³-hybridized carbons (Fsp3) is 0.400. The second kappa shape index (κ2) is 8.29. The highest BCUT2D eigenvalue weighted by molar-refractivity contribution is 7.89. The molecular formula is C20H26N2O4S. The van der Waals surface area contributed by atoms with Gasteiger partial charge in [0.15, 0.2) is 11.5 Å². The molecule has 1 aliphatic heterocycles. The van der Waals surface area contributed by atoms with Gasteiger partial charge in [0.05, 0.1) is 19.1 Å². The Balaban J connectivity index is 1.74. The summed E-state index contributed by atoms with van der Waals surface area (Å²) in [6.07, 6.45) is 0. The standard InChI is InChI=1S/C20H26N2O4S/c1-16-14-22(12-11-21(16)15-17-7-5-4-6-8-17)27(23,24)18-9-10-19(25-2)20(13-18)26-3/h4-10,13,16H,11-12,14-15H2,1-3H3. The van der Waals surface area contributed by atoms with Gasteiger partial charge in [-0.05, 0) is 24.6 Å². The van der Waals surface area contributed by atoms with Crippen molar-refractivity contribution in [1.29, 1.82) is 0 Å². The summed E-state index contributed by atoms with van der Waals surface area (Å²) in [6, 6.07) is 15.1. The summed E-state index contributed by atoms with van der Waals surface area (Å²) in [5.74, 6) is 0.923. The average molecular weight is 391 g/mol. The molecule has 7 heteroatoms. The Morgan fingerprint density at radius 3 is 2.33 bits per heavy atom. The molecule has 2 aromatic rings. The maximum Gasteiger partial charge on any atom is 0.243 e. The van der Waals surface area contributed by atoms with Gasteiger partial charge in [-0.2, -0.15) is 4.31 Å². The number of rotatable bonds is 6. The van der Waals surface area contributed by atoms with Crippen molar-refractivity contribution in [3.05, 3.63) is 54.1 Å². The van der Waals surface area contributed by atoms with Gasteiger partial charge in [-0.15, -0.1) is 0 Å². The molecule has 0 aromatic heterocycles. The van der Waals surface area contributed by atoms with E-state index in [2.05, 4.69) is 24.0 Å². The lowest BCUT2D eigenvalue weighted by Gasteiger charge is -2.39. The molecule has 27 heavy (non-hydrogen) atoms. The van der Waals surface area contributed by atoms with Crippen molar-refractivity contribution in [2.45, 2.75) is 24.4 Å². The summed E-state index contributed by atoms with van der Waals surface area (Å²) < 4.78 is 38.2. The van der Waals surface area contributed by atoms with Crippen molar-refractivity contribution in [2.75, 3.05) is 33.9 Å². The third kappa shape index (κ3) is 4.26. The van der Waals surface area contributed by atoms with Crippen molar-refractivity contribution in [2.24, 2.45) is 0 Å². The zero-order chi connectivity index (χ0) is 19.4. The first kappa shape index (κ1) is 19.7. The summed E-state index contributed by atoms with van der Waals surface area (Å²) in [6.45, 7) is 4.52. The minimum atomic E-state index is -3.58. The van der Waals surface area contributed by atoms with E-state index in [1.54, 1.807) is 16.4 Å². The largest absolute Gasteiger partial charge is 0.493 e. The molecule has 0 aliphatic carbocycles. The summed E-state index contributed by atoms with van der Waals surface area (Å²) in [4.78, 5) is 2.54. The van der Waals surface area contributed by atoms with Crippen LogP contribution < -0.4 is 9.47 Å². The monoisotopic (exact) mass is 390 g/mol. The van der Waals surface area contributed by atoms with E-state index in [1.165, 1.54) is 25.8 Å². The lowest BCUT2D eigenvalue weighted by Crippen LogP contribution is -2.53. The van der Waals surface area contributed by atoms with Gasteiger partial charge in [-0.25, -0.2) is 8.42 Å². The quantitative estimate of drug-likeness (QED) is 0.759. The number of ether oxygens (including phenoxy) is 2. The van der Waals surface area contributed by atoms with Crippen molar-refractivity contribution in [3.8, 4) is 11.5 Å². The maximum absolute atomic E-state index is 13.1. The summed E-state index contributed by atoms with van der Waals surface area (Å²) in [5.41, 5.74) is 1.24. The van der Waals surface area contributed by atoms with E-state index < -0.39 is 10.0 Å². The molecule has 1 aliphatic rings. The normalized spacial score (nSPS) is 19.0. The smallest absolute Gasteiger partial charge is 0.243 e. The van der Waals surface area contributed by atoms with E-state index in [4.69, 9.17) is 9.47 Å². The van der Waals surface area contributed by atoms with Crippen molar-refractivity contribution in [3.63, 3.8) is 0 Å². The molecule has 2 aromatic carbocycles. The van der Waals surface area contributed by atoms with E-state index in [0.29, 0.717) is 31.1 Å². The number of benzene rings is 2. The summed E-state index contributed by atoms with van der Waals surface area (Å²) >= 11 is 0. The van der Waals surface area contributed by atoms with E-state index in [9.17, 15) is 8.42 Å².